The van der Waals surface area contributed by atoms with Gasteiger partial charge < -0.3 is 10.2 Å². The average Bonchev–Trinajstić information content (AvgIpc) is 2.18. The fraction of sp³-hybridized carbons (Fsp3) is 1.00. The Bertz CT molecular complexity index is 175. The van der Waals surface area contributed by atoms with Gasteiger partial charge in [-0.25, -0.2) is 8.78 Å². The van der Waals surface area contributed by atoms with E-state index >= 15 is 0 Å². The van der Waals surface area contributed by atoms with Crippen molar-refractivity contribution in [2.24, 2.45) is 5.92 Å². The Morgan fingerprint density at radius 1 is 1.33 bits per heavy atom. The second kappa shape index (κ2) is 5.75. The highest BCUT2D eigenvalue weighted by Crippen LogP contribution is 2.36. The van der Waals surface area contributed by atoms with Crippen LogP contribution in [0.2, 0.25) is 0 Å². The zero-order valence-corrected chi connectivity index (χ0v) is 9.73. The summed E-state index contributed by atoms with van der Waals surface area (Å²) in [7, 11) is 3.99. The number of likely N-dealkylation sites (N-methyl/N-ethyl adjacent to an activating group) is 2. The third kappa shape index (κ3) is 4.89. The molecule has 0 atom stereocenters. The Hall–Kier alpha value is -0.220. The van der Waals surface area contributed by atoms with Crippen LogP contribution in [0, 0.1) is 5.92 Å². The Kier molecular flexibility index (Phi) is 4.93. The van der Waals surface area contributed by atoms with Gasteiger partial charge in [-0.2, -0.15) is 0 Å². The van der Waals surface area contributed by atoms with Gasteiger partial charge in [0.25, 0.3) is 0 Å². The molecule has 0 aromatic rings. The van der Waals surface area contributed by atoms with Gasteiger partial charge in [-0.05, 0) is 32.9 Å². The molecular formula is C11H22F2N2. The van der Waals surface area contributed by atoms with E-state index < -0.39 is 5.92 Å². The predicted molar refractivity (Wildman–Crippen MR) is 58.3 cm³/mol. The summed E-state index contributed by atoms with van der Waals surface area (Å²) in [5.41, 5.74) is 0. The lowest BCUT2D eigenvalue weighted by Crippen LogP contribution is -2.35. The summed E-state index contributed by atoms with van der Waals surface area (Å²) in [6.07, 6.45) is 1.52. The van der Waals surface area contributed by atoms with E-state index in [1.807, 2.05) is 7.05 Å². The summed E-state index contributed by atoms with van der Waals surface area (Å²) < 4.78 is 25.8. The highest BCUT2D eigenvalue weighted by Gasteiger charge is 2.34. The molecule has 0 spiro atoms. The second-order valence-electron chi connectivity index (χ2n) is 4.67. The number of hydrogen-bond donors (Lipinski definition) is 1. The molecule has 1 fully saturated rings. The fourth-order valence-electron chi connectivity index (χ4n) is 2.12. The maximum absolute atomic E-state index is 12.9. The van der Waals surface area contributed by atoms with Crippen molar-refractivity contribution in [3.05, 3.63) is 0 Å². The first-order valence-corrected chi connectivity index (χ1v) is 5.74. The summed E-state index contributed by atoms with van der Waals surface area (Å²) in [5, 5.41) is 3.09. The lowest BCUT2D eigenvalue weighted by atomic mass is 9.86. The van der Waals surface area contributed by atoms with Crippen molar-refractivity contribution in [1.82, 2.24) is 10.2 Å². The molecule has 1 saturated carbocycles. The number of nitrogens with one attached hydrogen (secondary N) is 1. The molecule has 0 bridgehead atoms. The molecule has 0 aromatic heterocycles. The van der Waals surface area contributed by atoms with Crippen LogP contribution in [-0.2, 0) is 0 Å². The first kappa shape index (κ1) is 12.8. The molecule has 2 nitrogen and oxygen atoms in total. The topological polar surface area (TPSA) is 15.3 Å². The van der Waals surface area contributed by atoms with Crippen molar-refractivity contribution in [1.29, 1.82) is 0 Å². The fourth-order valence-corrected chi connectivity index (χ4v) is 2.12. The smallest absolute Gasteiger partial charge is 0.248 e. The third-order valence-corrected chi connectivity index (χ3v) is 3.15. The molecule has 0 saturated heterocycles. The maximum atomic E-state index is 12.9. The molecule has 0 amide bonds. The summed E-state index contributed by atoms with van der Waals surface area (Å²) >= 11 is 0. The molecule has 1 rings (SSSR count). The minimum atomic E-state index is -2.39. The van der Waals surface area contributed by atoms with E-state index in [-0.39, 0.29) is 12.8 Å². The lowest BCUT2D eigenvalue weighted by Gasteiger charge is -2.31. The maximum Gasteiger partial charge on any atom is 0.248 e. The van der Waals surface area contributed by atoms with E-state index in [4.69, 9.17) is 0 Å². The van der Waals surface area contributed by atoms with Crippen LogP contribution in [0.3, 0.4) is 0 Å². The van der Waals surface area contributed by atoms with Gasteiger partial charge in [0, 0.05) is 32.5 Å². The number of nitrogens with zero attached hydrogens (tertiary/aromatic N) is 1. The summed E-state index contributed by atoms with van der Waals surface area (Å²) in [4.78, 5) is 2.23. The molecular weight excluding hydrogens is 198 g/mol. The Labute approximate surface area is 91.0 Å². The standard InChI is InChI=1S/C11H22F2N2/c1-14-7-8-15(2)9-10-3-5-11(12,13)6-4-10/h10,14H,3-9H2,1-2H3. The molecule has 1 aliphatic rings. The van der Waals surface area contributed by atoms with Crippen LogP contribution in [0.15, 0.2) is 0 Å². The Morgan fingerprint density at radius 2 is 1.93 bits per heavy atom. The van der Waals surface area contributed by atoms with Gasteiger partial charge >= 0.3 is 0 Å². The third-order valence-electron chi connectivity index (χ3n) is 3.15. The van der Waals surface area contributed by atoms with Gasteiger partial charge in [0.2, 0.25) is 5.92 Å². The molecule has 0 heterocycles. The minimum Gasteiger partial charge on any atom is -0.318 e. The molecule has 90 valence electrons. The zero-order valence-electron chi connectivity index (χ0n) is 9.73. The van der Waals surface area contributed by atoms with E-state index in [1.165, 1.54) is 0 Å². The second-order valence-corrected chi connectivity index (χ2v) is 4.67. The normalized spacial score (nSPS) is 22.2. The largest absolute Gasteiger partial charge is 0.318 e. The monoisotopic (exact) mass is 220 g/mol. The van der Waals surface area contributed by atoms with Gasteiger partial charge in [0.15, 0.2) is 0 Å². The van der Waals surface area contributed by atoms with Crippen LogP contribution in [-0.4, -0.2) is 44.6 Å². The molecule has 0 radical (unpaired) electrons. The summed E-state index contributed by atoms with van der Waals surface area (Å²) in [5.74, 6) is -1.92. The van der Waals surface area contributed by atoms with Gasteiger partial charge in [-0.1, -0.05) is 0 Å². The van der Waals surface area contributed by atoms with Crippen molar-refractivity contribution in [2.45, 2.75) is 31.6 Å². The van der Waals surface area contributed by atoms with Crippen molar-refractivity contribution in [3.8, 4) is 0 Å². The van der Waals surface area contributed by atoms with E-state index in [9.17, 15) is 8.78 Å². The Balaban J connectivity index is 2.17. The van der Waals surface area contributed by atoms with E-state index in [0.29, 0.717) is 18.8 Å². The molecule has 0 aromatic carbocycles. The van der Waals surface area contributed by atoms with Crippen molar-refractivity contribution in [2.75, 3.05) is 33.7 Å². The molecule has 1 N–H and O–H groups in total. The van der Waals surface area contributed by atoms with Crippen LogP contribution in [0.5, 0.6) is 0 Å². The number of hydrogen-bond acceptors (Lipinski definition) is 2. The van der Waals surface area contributed by atoms with E-state index in [2.05, 4.69) is 17.3 Å². The molecule has 4 heteroatoms. The van der Waals surface area contributed by atoms with E-state index in [0.717, 1.165) is 19.6 Å². The summed E-state index contributed by atoms with van der Waals surface area (Å²) in [6, 6.07) is 0. The van der Waals surface area contributed by atoms with Crippen LogP contribution in [0.1, 0.15) is 25.7 Å². The highest BCUT2D eigenvalue weighted by atomic mass is 19.3. The number of alkyl halides is 2. The molecule has 15 heavy (non-hydrogen) atoms. The predicted octanol–water partition coefficient (Wildman–Crippen LogP) is 1.96. The number of rotatable bonds is 5. The zero-order chi connectivity index (χ0) is 11.3. The van der Waals surface area contributed by atoms with Gasteiger partial charge in [0.05, 0.1) is 0 Å². The first-order valence-electron chi connectivity index (χ1n) is 5.74. The van der Waals surface area contributed by atoms with Crippen molar-refractivity contribution < 1.29 is 8.78 Å². The van der Waals surface area contributed by atoms with Crippen LogP contribution in [0.4, 0.5) is 8.78 Å². The first-order chi connectivity index (χ1) is 7.03. The summed E-state index contributed by atoms with van der Waals surface area (Å²) in [6.45, 7) is 2.90. The van der Waals surface area contributed by atoms with Gasteiger partial charge in [-0.15, -0.1) is 0 Å². The van der Waals surface area contributed by atoms with Gasteiger partial charge in [0.1, 0.15) is 0 Å². The number of halogens is 2. The Morgan fingerprint density at radius 3 is 2.47 bits per heavy atom. The average molecular weight is 220 g/mol. The van der Waals surface area contributed by atoms with Gasteiger partial charge in [-0.3, -0.25) is 0 Å². The molecule has 0 aliphatic heterocycles. The highest BCUT2D eigenvalue weighted by molar-refractivity contribution is 4.78. The minimum absolute atomic E-state index is 0.0809. The van der Waals surface area contributed by atoms with Crippen LogP contribution < -0.4 is 5.32 Å². The quantitative estimate of drug-likeness (QED) is 0.762. The lowest BCUT2D eigenvalue weighted by molar-refractivity contribution is -0.0482. The van der Waals surface area contributed by atoms with Crippen LogP contribution >= 0.6 is 0 Å². The SMILES string of the molecule is CNCCN(C)CC1CCC(F)(F)CC1. The van der Waals surface area contributed by atoms with Crippen LogP contribution in [0.25, 0.3) is 0 Å². The van der Waals surface area contributed by atoms with Crippen molar-refractivity contribution >= 4 is 0 Å². The molecule has 1 aliphatic carbocycles. The molecule has 0 unspecified atom stereocenters. The van der Waals surface area contributed by atoms with E-state index in [1.54, 1.807) is 0 Å². The van der Waals surface area contributed by atoms with Crippen molar-refractivity contribution in [3.63, 3.8) is 0 Å².